The Hall–Kier alpha value is -0.520. The average Bonchev–Trinajstić information content (AvgIpc) is 2.60. The van der Waals surface area contributed by atoms with Gasteiger partial charge in [0.05, 0.1) is 0 Å². The fraction of sp³-hybridized carbons (Fsp3) is 0.667. The molecule has 0 atom stereocenters. The van der Waals surface area contributed by atoms with Crippen LogP contribution < -0.4 is 0 Å². The van der Waals surface area contributed by atoms with Crippen LogP contribution in [0.15, 0.2) is 24.3 Å². The highest BCUT2D eigenvalue weighted by Gasteiger charge is 2.99. The van der Waals surface area contributed by atoms with Gasteiger partial charge in [0.1, 0.15) is 0 Å². The minimum atomic E-state index is 0.568. The third kappa shape index (κ3) is 0.330. The standard InChI is InChI=1S/C12H16/c1-7(2)11-9-5-6-10(11)12(9,11)8(3)4/h9-10H,1,3,5-6H2,2,4H3. The van der Waals surface area contributed by atoms with Gasteiger partial charge in [0.15, 0.2) is 0 Å². The van der Waals surface area contributed by atoms with Gasteiger partial charge < -0.3 is 0 Å². The average molecular weight is 160 g/mol. The van der Waals surface area contributed by atoms with Crippen molar-refractivity contribution in [2.45, 2.75) is 26.7 Å². The van der Waals surface area contributed by atoms with E-state index in [0.29, 0.717) is 10.8 Å². The number of rotatable bonds is 2. The van der Waals surface area contributed by atoms with Crippen molar-refractivity contribution in [3.8, 4) is 0 Å². The van der Waals surface area contributed by atoms with Crippen molar-refractivity contribution in [3.05, 3.63) is 24.3 Å². The van der Waals surface area contributed by atoms with Crippen LogP contribution in [0.5, 0.6) is 0 Å². The van der Waals surface area contributed by atoms with Crippen molar-refractivity contribution in [3.63, 3.8) is 0 Å². The second-order valence-corrected chi connectivity index (χ2v) is 4.98. The maximum atomic E-state index is 4.16. The maximum Gasteiger partial charge on any atom is 0.00798 e. The molecule has 4 saturated carbocycles. The summed E-state index contributed by atoms with van der Waals surface area (Å²) in [6, 6.07) is 0. The number of hydrogen-bond donors (Lipinski definition) is 0. The summed E-state index contributed by atoms with van der Waals surface area (Å²) in [6.45, 7) is 12.7. The van der Waals surface area contributed by atoms with Crippen molar-refractivity contribution in [2.75, 3.05) is 0 Å². The quantitative estimate of drug-likeness (QED) is 0.544. The molecule has 0 aromatic carbocycles. The van der Waals surface area contributed by atoms with Crippen molar-refractivity contribution >= 4 is 0 Å². The van der Waals surface area contributed by atoms with E-state index in [9.17, 15) is 0 Å². The molecule has 64 valence electrons. The third-order valence-electron chi connectivity index (χ3n) is 4.87. The number of allylic oxidation sites excluding steroid dienone is 2. The van der Waals surface area contributed by atoms with Crippen LogP contribution >= 0.6 is 0 Å². The molecule has 0 heteroatoms. The van der Waals surface area contributed by atoms with Crippen LogP contribution in [-0.4, -0.2) is 0 Å². The van der Waals surface area contributed by atoms with Gasteiger partial charge in [-0.3, -0.25) is 0 Å². The molecule has 0 amide bonds. The molecule has 0 spiro atoms. The van der Waals surface area contributed by atoms with Crippen molar-refractivity contribution in [2.24, 2.45) is 22.7 Å². The Morgan fingerprint density at radius 1 is 1.00 bits per heavy atom. The first kappa shape index (κ1) is 6.94. The molecule has 4 fully saturated rings. The van der Waals surface area contributed by atoms with E-state index in [4.69, 9.17) is 0 Å². The van der Waals surface area contributed by atoms with Gasteiger partial charge in [-0.15, -0.1) is 0 Å². The van der Waals surface area contributed by atoms with Gasteiger partial charge in [-0.2, -0.15) is 0 Å². The number of fused-ring (bicyclic) bond motifs is 1. The molecule has 2 bridgehead atoms. The van der Waals surface area contributed by atoms with Crippen molar-refractivity contribution < 1.29 is 0 Å². The van der Waals surface area contributed by atoms with Gasteiger partial charge in [0.25, 0.3) is 0 Å². The third-order valence-corrected chi connectivity index (χ3v) is 4.87. The van der Waals surface area contributed by atoms with E-state index >= 15 is 0 Å². The lowest BCUT2D eigenvalue weighted by atomic mass is 9.95. The highest BCUT2D eigenvalue weighted by atomic mass is 15.0. The summed E-state index contributed by atoms with van der Waals surface area (Å²) in [5, 5.41) is 0. The second kappa shape index (κ2) is 1.45. The van der Waals surface area contributed by atoms with E-state index in [2.05, 4.69) is 27.0 Å². The largest absolute Gasteiger partial charge is 0.0995 e. The van der Waals surface area contributed by atoms with Gasteiger partial charge in [0, 0.05) is 10.8 Å². The number of hydrogen-bond acceptors (Lipinski definition) is 0. The predicted molar refractivity (Wildman–Crippen MR) is 50.7 cm³/mol. The zero-order valence-electron chi connectivity index (χ0n) is 7.98. The van der Waals surface area contributed by atoms with Crippen molar-refractivity contribution in [1.82, 2.24) is 0 Å². The van der Waals surface area contributed by atoms with Crippen molar-refractivity contribution in [1.29, 1.82) is 0 Å². The molecule has 0 nitrogen and oxygen atoms in total. The van der Waals surface area contributed by atoms with Gasteiger partial charge >= 0.3 is 0 Å². The summed E-state index contributed by atoms with van der Waals surface area (Å²) in [5.41, 5.74) is 3.99. The van der Waals surface area contributed by atoms with E-state index in [1.807, 2.05) is 0 Å². The summed E-state index contributed by atoms with van der Waals surface area (Å²) >= 11 is 0. The highest BCUT2D eigenvalue weighted by molar-refractivity contribution is 5.59. The Bertz CT molecular complexity index is 268. The Kier molecular flexibility index (Phi) is 0.839. The summed E-state index contributed by atoms with van der Waals surface area (Å²) in [6.07, 6.45) is 2.87. The highest BCUT2D eigenvalue weighted by Crippen LogP contribution is 3.03. The summed E-state index contributed by atoms with van der Waals surface area (Å²) in [5.74, 6) is 1.90. The maximum absolute atomic E-state index is 4.16. The van der Waals surface area contributed by atoms with Crippen LogP contribution in [0, 0.1) is 22.7 Å². The van der Waals surface area contributed by atoms with Crippen LogP contribution in [0.2, 0.25) is 0 Å². The molecule has 4 aliphatic rings. The zero-order valence-corrected chi connectivity index (χ0v) is 7.98. The van der Waals surface area contributed by atoms with Crippen LogP contribution in [0.3, 0.4) is 0 Å². The van der Waals surface area contributed by atoms with Crippen LogP contribution in [-0.2, 0) is 0 Å². The first-order valence-corrected chi connectivity index (χ1v) is 4.93. The molecule has 4 rings (SSSR count). The fourth-order valence-electron chi connectivity index (χ4n) is 4.73. The first-order chi connectivity index (χ1) is 5.61. The minimum Gasteiger partial charge on any atom is -0.0995 e. The minimum absolute atomic E-state index is 0.568. The first-order valence-electron chi connectivity index (χ1n) is 4.93. The molecule has 0 saturated heterocycles. The molecule has 0 aromatic heterocycles. The Morgan fingerprint density at radius 2 is 1.33 bits per heavy atom. The van der Waals surface area contributed by atoms with E-state index < -0.39 is 0 Å². The van der Waals surface area contributed by atoms with E-state index in [0.717, 1.165) is 11.8 Å². The fourth-order valence-corrected chi connectivity index (χ4v) is 4.73. The monoisotopic (exact) mass is 160 g/mol. The second-order valence-electron chi connectivity index (χ2n) is 4.98. The molecule has 0 N–H and O–H groups in total. The summed E-state index contributed by atoms with van der Waals surface area (Å²) in [7, 11) is 0. The van der Waals surface area contributed by atoms with Gasteiger partial charge in [-0.05, 0) is 38.5 Å². The van der Waals surface area contributed by atoms with Gasteiger partial charge in [-0.25, -0.2) is 0 Å². The molecular formula is C12H16. The lowest BCUT2D eigenvalue weighted by Gasteiger charge is -2.08. The predicted octanol–water partition coefficient (Wildman–Crippen LogP) is 3.16. The van der Waals surface area contributed by atoms with Crippen LogP contribution in [0.25, 0.3) is 0 Å². The summed E-state index contributed by atoms with van der Waals surface area (Å²) < 4.78 is 0. The molecule has 0 aromatic rings. The van der Waals surface area contributed by atoms with E-state index in [1.165, 1.54) is 24.0 Å². The lowest BCUT2D eigenvalue weighted by Crippen LogP contribution is -2.02. The molecule has 12 heavy (non-hydrogen) atoms. The SMILES string of the molecule is C=C(C)C12C3CCC1C32C(=C)C. The molecule has 0 unspecified atom stereocenters. The smallest absolute Gasteiger partial charge is 0.00798 e. The van der Waals surface area contributed by atoms with Gasteiger partial charge in [-0.1, -0.05) is 24.3 Å². The van der Waals surface area contributed by atoms with E-state index in [-0.39, 0.29) is 0 Å². The van der Waals surface area contributed by atoms with E-state index in [1.54, 1.807) is 0 Å². The Morgan fingerprint density at radius 3 is 1.50 bits per heavy atom. The summed E-state index contributed by atoms with van der Waals surface area (Å²) in [4.78, 5) is 0. The van der Waals surface area contributed by atoms with Gasteiger partial charge in [0.2, 0.25) is 0 Å². The Labute approximate surface area is 74.4 Å². The normalized spacial score (nSPS) is 57.8. The molecular weight excluding hydrogens is 144 g/mol. The Balaban J connectivity index is 2.08. The van der Waals surface area contributed by atoms with Crippen LogP contribution in [0.1, 0.15) is 26.7 Å². The van der Waals surface area contributed by atoms with Crippen LogP contribution in [0.4, 0.5) is 0 Å². The molecule has 0 aliphatic heterocycles. The molecule has 0 radical (unpaired) electrons. The topological polar surface area (TPSA) is 0 Å². The zero-order chi connectivity index (χ0) is 8.72. The lowest BCUT2D eigenvalue weighted by molar-refractivity contribution is 0.503. The molecule has 4 aliphatic carbocycles. The molecule has 0 heterocycles.